The summed E-state index contributed by atoms with van der Waals surface area (Å²) in [5, 5.41) is 0.716. The Morgan fingerprint density at radius 2 is 2.00 bits per heavy atom. The lowest BCUT2D eigenvalue weighted by atomic mass is 9.73. The maximum Gasteiger partial charge on any atom is 0.150 e. The van der Waals surface area contributed by atoms with Gasteiger partial charge in [0.1, 0.15) is 5.75 Å². The van der Waals surface area contributed by atoms with Gasteiger partial charge in [0.25, 0.3) is 0 Å². The summed E-state index contributed by atoms with van der Waals surface area (Å²) >= 11 is 6.27. The van der Waals surface area contributed by atoms with Crippen LogP contribution in [-0.4, -0.2) is 12.6 Å². The van der Waals surface area contributed by atoms with Crippen LogP contribution in [0.3, 0.4) is 0 Å². The third-order valence-electron chi connectivity index (χ3n) is 5.49. The number of hydrogen-bond acceptors (Lipinski definition) is 3. The summed E-state index contributed by atoms with van der Waals surface area (Å²) in [6.45, 7) is 5.41. The van der Waals surface area contributed by atoms with E-state index in [0.29, 0.717) is 10.9 Å². The Hall–Kier alpha value is -1.71. The standard InChI is InChI=1S/C19H21ClN2O/c1-12-9-10-22-15-11-13(20)7-8-17(15)23-16-6-4-3-5-14(16)19(22,2)18(12)21/h3-8,11-12,18H,9-10,21H2,1-2H3/t12-,18-,19+/m0/s1. The Balaban J connectivity index is 2.01. The zero-order valence-electron chi connectivity index (χ0n) is 13.4. The number of ether oxygens (including phenoxy) is 1. The molecule has 2 aliphatic rings. The first-order valence-corrected chi connectivity index (χ1v) is 8.49. The van der Waals surface area contributed by atoms with E-state index in [1.165, 1.54) is 0 Å². The van der Waals surface area contributed by atoms with E-state index < -0.39 is 0 Å². The monoisotopic (exact) mass is 328 g/mol. The highest BCUT2D eigenvalue weighted by Crippen LogP contribution is 2.51. The van der Waals surface area contributed by atoms with E-state index in [9.17, 15) is 0 Å². The summed E-state index contributed by atoms with van der Waals surface area (Å²) in [7, 11) is 0. The second-order valence-corrected chi connectivity index (χ2v) is 7.24. The van der Waals surface area contributed by atoms with Crippen molar-refractivity contribution in [3.8, 4) is 11.5 Å². The predicted molar refractivity (Wildman–Crippen MR) is 94.4 cm³/mol. The molecule has 2 aromatic rings. The van der Waals surface area contributed by atoms with Gasteiger partial charge in [-0.15, -0.1) is 0 Å². The number of nitrogens with zero attached hydrogens (tertiary/aromatic N) is 1. The summed E-state index contributed by atoms with van der Waals surface area (Å²) in [6.07, 6.45) is 1.06. The second kappa shape index (κ2) is 5.15. The Kier molecular flexibility index (Phi) is 3.33. The molecule has 0 spiro atoms. The molecule has 1 fully saturated rings. The van der Waals surface area contributed by atoms with E-state index in [1.807, 2.05) is 30.3 Å². The fourth-order valence-electron chi connectivity index (χ4n) is 4.05. The molecule has 2 heterocycles. The highest BCUT2D eigenvalue weighted by molar-refractivity contribution is 6.31. The lowest BCUT2D eigenvalue weighted by Gasteiger charge is -2.52. The lowest BCUT2D eigenvalue weighted by Crippen LogP contribution is -2.62. The number of benzene rings is 2. The number of hydrogen-bond donors (Lipinski definition) is 1. The molecule has 2 aromatic carbocycles. The second-order valence-electron chi connectivity index (χ2n) is 6.80. The van der Waals surface area contributed by atoms with Gasteiger partial charge in [-0.1, -0.05) is 36.7 Å². The molecular formula is C19H21ClN2O. The highest BCUT2D eigenvalue weighted by atomic mass is 35.5. The minimum Gasteiger partial charge on any atom is -0.455 e. The van der Waals surface area contributed by atoms with Crippen LogP contribution in [0.25, 0.3) is 0 Å². The molecule has 4 rings (SSSR count). The summed E-state index contributed by atoms with van der Waals surface area (Å²) in [6, 6.07) is 14.0. The topological polar surface area (TPSA) is 38.5 Å². The van der Waals surface area contributed by atoms with Crippen LogP contribution in [0.4, 0.5) is 5.69 Å². The van der Waals surface area contributed by atoms with Gasteiger partial charge >= 0.3 is 0 Å². The third-order valence-corrected chi connectivity index (χ3v) is 5.73. The van der Waals surface area contributed by atoms with Gasteiger partial charge in [-0.2, -0.15) is 0 Å². The Labute approximate surface area is 142 Å². The minimum absolute atomic E-state index is 0.0194. The van der Waals surface area contributed by atoms with Crippen molar-refractivity contribution in [2.75, 3.05) is 11.4 Å². The fourth-order valence-corrected chi connectivity index (χ4v) is 4.22. The van der Waals surface area contributed by atoms with Crippen LogP contribution in [0, 0.1) is 5.92 Å². The number of piperidine rings is 1. The van der Waals surface area contributed by atoms with Crippen molar-refractivity contribution >= 4 is 17.3 Å². The van der Waals surface area contributed by atoms with Crippen LogP contribution in [0.2, 0.25) is 5.02 Å². The van der Waals surface area contributed by atoms with Crippen molar-refractivity contribution in [1.29, 1.82) is 0 Å². The molecular weight excluding hydrogens is 308 g/mol. The van der Waals surface area contributed by atoms with Gasteiger partial charge in [-0.3, -0.25) is 0 Å². The number of anilines is 1. The molecule has 0 bridgehead atoms. The van der Waals surface area contributed by atoms with Gasteiger partial charge in [0.15, 0.2) is 5.75 Å². The van der Waals surface area contributed by atoms with E-state index in [2.05, 4.69) is 30.9 Å². The van der Waals surface area contributed by atoms with Gasteiger partial charge in [-0.25, -0.2) is 0 Å². The van der Waals surface area contributed by atoms with Crippen molar-refractivity contribution in [1.82, 2.24) is 0 Å². The first-order chi connectivity index (χ1) is 11.0. The van der Waals surface area contributed by atoms with E-state index >= 15 is 0 Å². The first kappa shape index (κ1) is 14.9. The molecule has 2 N–H and O–H groups in total. The largest absolute Gasteiger partial charge is 0.455 e. The quantitative estimate of drug-likeness (QED) is 0.772. The Morgan fingerprint density at radius 3 is 2.83 bits per heavy atom. The molecule has 3 atom stereocenters. The average molecular weight is 329 g/mol. The molecule has 4 heteroatoms. The van der Waals surface area contributed by atoms with Crippen LogP contribution in [0.15, 0.2) is 42.5 Å². The van der Waals surface area contributed by atoms with Gasteiger partial charge in [0.05, 0.1) is 11.2 Å². The van der Waals surface area contributed by atoms with Gasteiger partial charge in [0, 0.05) is 23.2 Å². The molecule has 0 aliphatic carbocycles. The molecule has 2 aliphatic heterocycles. The molecule has 23 heavy (non-hydrogen) atoms. The fraction of sp³-hybridized carbons (Fsp3) is 0.368. The number of nitrogens with two attached hydrogens (primary N) is 1. The van der Waals surface area contributed by atoms with E-state index in [0.717, 1.165) is 35.7 Å². The van der Waals surface area contributed by atoms with Crippen LogP contribution in [0.1, 0.15) is 25.8 Å². The van der Waals surface area contributed by atoms with E-state index in [-0.39, 0.29) is 11.6 Å². The van der Waals surface area contributed by atoms with Crippen molar-refractivity contribution in [3.63, 3.8) is 0 Å². The summed E-state index contributed by atoms with van der Waals surface area (Å²) in [5.74, 6) is 2.17. The van der Waals surface area contributed by atoms with E-state index in [4.69, 9.17) is 22.1 Å². The summed E-state index contributed by atoms with van der Waals surface area (Å²) in [4.78, 5) is 2.38. The maximum atomic E-state index is 6.72. The number of halogens is 1. The number of para-hydroxylation sites is 1. The molecule has 0 unspecified atom stereocenters. The molecule has 0 aromatic heterocycles. The first-order valence-electron chi connectivity index (χ1n) is 8.12. The molecule has 1 saturated heterocycles. The van der Waals surface area contributed by atoms with Crippen LogP contribution < -0.4 is 15.4 Å². The maximum absolute atomic E-state index is 6.72. The third kappa shape index (κ3) is 2.07. The number of rotatable bonds is 0. The van der Waals surface area contributed by atoms with E-state index in [1.54, 1.807) is 0 Å². The van der Waals surface area contributed by atoms with Crippen LogP contribution >= 0.6 is 11.6 Å². The average Bonchev–Trinajstić information content (AvgIpc) is 2.65. The molecule has 3 nitrogen and oxygen atoms in total. The smallest absolute Gasteiger partial charge is 0.150 e. The van der Waals surface area contributed by atoms with Crippen LogP contribution in [-0.2, 0) is 5.54 Å². The zero-order chi connectivity index (χ0) is 16.2. The van der Waals surface area contributed by atoms with Gasteiger partial charge in [-0.05, 0) is 43.5 Å². The van der Waals surface area contributed by atoms with Crippen LogP contribution in [0.5, 0.6) is 11.5 Å². The zero-order valence-corrected chi connectivity index (χ0v) is 14.2. The van der Waals surface area contributed by atoms with Crippen molar-refractivity contribution in [2.45, 2.75) is 31.8 Å². The SMILES string of the molecule is C[C@H]1CCN2c3cc(Cl)ccc3Oc3ccccc3[C@]2(C)[C@H]1N. The summed E-state index contributed by atoms with van der Waals surface area (Å²) < 4.78 is 6.24. The number of fused-ring (bicyclic) bond motifs is 5. The molecule has 0 amide bonds. The van der Waals surface area contributed by atoms with Gasteiger partial charge in [0.2, 0.25) is 0 Å². The highest BCUT2D eigenvalue weighted by Gasteiger charge is 2.48. The molecule has 120 valence electrons. The van der Waals surface area contributed by atoms with Crippen molar-refractivity contribution in [3.05, 3.63) is 53.1 Å². The lowest BCUT2D eigenvalue weighted by molar-refractivity contribution is 0.224. The molecule has 0 radical (unpaired) electrons. The molecule has 0 saturated carbocycles. The van der Waals surface area contributed by atoms with Gasteiger partial charge < -0.3 is 15.4 Å². The predicted octanol–water partition coefficient (Wildman–Crippen LogP) is 4.53. The Bertz CT molecular complexity index is 763. The minimum atomic E-state index is -0.315. The Morgan fingerprint density at radius 1 is 1.22 bits per heavy atom. The van der Waals surface area contributed by atoms with Crippen molar-refractivity contribution in [2.24, 2.45) is 11.7 Å². The van der Waals surface area contributed by atoms with Crippen molar-refractivity contribution < 1.29 is 4.74 Å². The normalized spacial score (nSPS) is 29.0. The summed E-state index contributed by atoms with van der Waals surface area (Å²) in [5.41, 5.74) is 8.57.